The van der Waals surface area contributed by atoms with Crippen molar-refractivity contribution in [2.45, 2.75) is 38.9 Å². The minimum Gasteiger partial charge on any atom is -0.308 e. The van der Waals surface area contributed by atoms with Crippen LogP contribution in [-0.2, 0) is 28.6 Å². The van der Waals surface area contributed by atoms with Gasteiger partial charge in [-0.15, -0.1) is 0 Å². The zero-order valence-electron chi connectivity index (χ0n) is 18.5. The lowest BCUT2D eigenvalue weighted by atomic mass is 10.00. The van der Waals surface area contributed by atoms with Gasteiger partial charge in [0.2, 0.25) is 5.91 Å². The fraction of sp³-hybridized carbons (Fsp3) is 0.381. The Bertz CT molecular complexity index is 1250. The van der Waals surface area contributed by atoms with Gasteiger partial charge in [-0.05, 0) is 31.4 Å². The smallest absolute Gasteiger partial charge is 0.280 e. The molecule has 1 saturated heterocycles. The van der Waals surface area contributed by atoms with Crippen LogP contribution in [0.4, 0.5) is 5.82 Å². The molecular weight excluding hydrogens is 430 g/mol. The van der Waals surface area contributed by atoms with E-state index in [4.69, 9.17) is 0 Å². The van der Waals surface area contributed by atoms with Gasteiger partial charge in [0.25, 0.3) is 10.2 Å². The number of hydrogen-bond donors (Lipinski definition) is 2. The summed E-state index contributed by atoms with van der Waals surface area (Å²) in [7, 11) is -0.659. The maximum atomic E-state index is 13.0. The number of carbonyl (C=O) groups is 1. The number of likely N-dealkylation sites (N-methyl/N-ethyl adjacent to an activating group) is 1. The number of nitrogens with zero attached hydrogens (tertiary/aromatic N) is 5. The fourth-order valence-corrected chi connectivity index (χ4v) is 5.23. The molecular formula is C21H27N7O3S. The summed E-state index contributed by atoms with van der Waals surface area (Å²) in [6.07, 6.45) is 3.83. The molecule has 2 atom stereocenters. The first kappa shape index (κ1) is 22.2. The van der Waals surface area contributed by atoms with E-state index in [-0.39, 0.29) is 6.42 Å². The molecule has 11 heteroatoms. The van der Waals surface area contributed by atoms with Crippen LogP contribution in [0.3, 0.4) is 0 Å². The predicted molar refractivity (Wildman–Crippen MR) is 120 cm³/mol. The van der Waals surface area contributed by atoms with Crippen LogP contribution in [0.15, 0.2) is 42.7 Å². The van der Waals surface area contributed by atoms with Gasteiger partial charge in [-0.25, -0.2) is 0 Å². The van der Waals surface area contributed by atoms with Crippen molar-refractivity contribution < 1.29 is 13.2 Å². The van der Waals surface area contributed by atoms with Crippen molar-refractivity contribution in [3.8, 4) is 0 Å². The lowest BCUT2D eigenvalue weighted by Crippen LogP contribution is -2.56. The van der Waals surface area contributed by atoms with Gasteiger partial charge in [0.1, 0.15) is 6.04 Å². The Kier molecular flexibility index (Phi) is 5.89. The van der Waals surface area contributed by atoms with E-state index in [0.29, 0.717) is 12.4 Å². The van der Waals surface area contributed by atoms with E-state index in [1.165, 1.54) is 7.05 Å². The summed E-state index contributed by atoms with van der Waals surface area (Å²) < 4.78 is 32.4. The van der Waals surface area contributed by atoms with Crippen LogP contribution in [-0.4, -0.2) is 51.3 Å². The van der Waals surface area contributed by atoms with E-state index in [1.54, 1.807) is 34.9 Å². The van der Waals surface area contributed by atoms with Gasteiger partial charge >= 0.3 is 0 Å². The normalized spacial score (nSPS) is 20.9. The number of anilines is 1. The number of rotatable bonds is 5. The van der Waals surface area contributed by atoms with Gasteiger partial charge in [0.05, 0.1) is 18.3 Å². The molecule has 0 aliphatic carbocycles. The molecule has 0 radical (unpaired) electrons. The minimum atomic E-state index is -3.83. The molecule has 1 fully saturated rings. The van der Waals surface area contributed by atoms with Crippen molar-refractivity contribution in [2.24, 2.45) is 7.05 Å². The van der Waals surface area contributed by atoms with Crippen LogP contribution in [0.25, 0.3) is 0 Å². The molecule has 3 heterocycles. The standard InChI is InChI=1S/C21H27N7O3S/c1-14-7-5-6-8-16(14)12-28-10-9-20(24-28)22-21(29)19-11-18(25-32(30,31)27(19)4)17-13-26(3)23-15(17)2/h5-10,13,18-19,25H,11-12H2,1-4H3,(H,22,24,29)/t18-,19+/m0/s1. The average Bonchev–Trinajstić information content (AvgIpc) is 3.30. The molecule has 2 N–H and O–H groups in total. The molecule has 10 nitrogen and oxygen atoms in total. The maximum absolute atomic E-state index is 13.0. The largest absolute Gasteiger partial charge is 0.308 e. The second-order valence-electron chi connectivity index (χ2n) is 8.10. The molecule has 2 aromatic heterocycles. The van der Waals surface area contributed by atoms with E-state index in [0.717, 1.165) is 26.7 Å². The van der Waals surface area contributed by atoms with Crippen molar-refractivity contribution in [3.63, 3.8) is 0 Å². The van der Waals surface area contributed by atoms with E-state index in [9.17, 15) is 13.2 Å². The first-order valence-corrected chi connectivity index (χ1v) is 11.7. The summed E-state index contributed by atoms with van der Waals surface area (Å²) in [6, 6.07) is 8.31. The first-order valence-electron chi connectivity index (χ1n) is 10.3. The van der Waals surface area contributed by atoms with Crippen molar-refractivity contribution in [1.82, 2.24) is 28.6 Å². The summed E-state index contributed by atoms with van der Waals surface area (Å²) in [4.78, 5) is 13.0. The van der Waals surface area contributed by atoms with Crippen molar-refractivity contribution in [2.75, 3.05) is 12.4 Å². The summed E-state index contributed by atoms with van der Waals surface area (Å²) >= 11 is 0. The number of aryl methyl sites for hydroxylation is 3. The maximum Gasteiger partial charge on any atom is 0.280 e. The summed E-state index contributed by atoms with van der Waals surface area (Å²) in [5.41, 5.74) is 3.77. The molecule has 0 bridgehead atoms. The predicted octanol–water partition coefficient (Wildman–Crippen LogP) is 1.50. The van der Waals surface area contributed by atoms with E-state index in [2.05, 4.69) is 20.2 Å². The Hall–Kier alpha value is -3.02. The number of aromatic nitrogens is 4. The molecule has 4 rings (SSSR count). The summed E-state index contributed by atoms with van der Waals surface area (Å²) in [5, 5.41) is 11.5. The minimum absolute atomic E-state index is 0.276. The topological polar surface area (TPSA) is 114 Å². The SMILES string of the molecule is Cc1ccccc1Cn1ccc(NC(=O)[C@H]2C[C@@H](c3cn(C)nc3C)NS(=O)(=O)N2C)n1. The zero-order valence-corrected chi connectivity index (χ0v) is 19.3. The van der Waals surface area contributed by atoms with Gasteiger partial charge < -0.3 is 5.32 Å². The van der Waals surface area contributed by atoms with E-state index >= 15 is 0 Å². The van der Waals surface area contributed by atoms with Crippen molar-refractivity contribution in [3.05, 3.63) is 65.1 Å². The number of hydrogen-bond acceptors (Lipinski definition) is 5. The number of nitrogens with one attached hydrogen (secondary N) is 2. The second kappa shape index (κ2) is 8.49. The van der Waals surface area contributed by atoms with Crippen LogP contribution in [0.2, 0.25) is 0 Å². The molecule has 0 unspecified atom stereocenters. The highest BCUT2D eigenvalue weighted by Gasteiger charge is 2.41. The third kappa shape index (κ3) is 4.45. The lowest BCUT2D eigenvalue weighted by Gasteiger charge is -2.35. The van der Waals surface area contributed by atoms with Crippen LogP contribution >= 0.6 is 0 Å². The van der Waals surface area contributed by atoms with Crippen LogP contribution in [0, 0.1) is 13.8 Å². The van der Waals surface area contributed by atoms with Crippen molar-refractivity contribution in [1.29, 1.82) is 0 Å². The van der Waals surface area contributed by atoms with E-state index < -0.39 is 28.2 Å². The Morgan fingerprint density at radius 2 is 1.94 bits per heavy atom. The van der Waals surface area contributed by atoms with Crippen LogP contribution < -0.4 is 10.0 Å². The average molecular weight is 458 g/mol. The molecule has 0 spiro atoms. The summed E-state index contributed by atoms with van der Waals surface area (Å²) in [6.45, 7) is 4.43. The molecule has 32 heavy (non-hydrogen) atoms. The number of amides is 1. The fourth-order valence-electron chi connectivity index (χ4n) is 3.96. The molecule has 3 aromatic rings. The molecule has 0 saturated carbocycles. The molecule has 1 aliphatic heterocycles. The Labute approximate surface area is 187 Å². The van der Waals surface area contributed by atoms with E-state index in [1.807, 2.05) is 38.1 Å². The van der Waals surface area contributed by atoms with Gasteiger partial charge in [-0.2, -0.15) is 27.6 Å². The van der Waals surface area contributed by atoms with Gasteiger partial charge in [-0.3, -0.25) is 14.2 Å². The number of carbonyl (C=O) groups excluding carboxylic acids is 1. The monoisotopic (exact) mass is 457 g/mol. The van der Waals surface area contributed by atoms with Gasteiger partial charge in [0, 0.05) is 38.1 Å². The van der Waals surface area contributed by atoms with Gasteiger partial charge in [-0.1, -0.05) is 24.3 Å². The molecule has 1 amide bonds. The van der Waals surface area contributed by atoms with Gasteiger partial charge in [0.15, 0.2) is 5.82 Å². The second-order valence-corrected chi connectivity index (χ2v) is 9.86. The Balaban J connectivity index is 1.50. The molecule has 1 aliphatic rings. The zero-order chi connectivity index (χ0) is 23.0. The highest BCUT2D eigenvalue weighted by molar-refractivity contribution is 7.87. The molecule has 1 aromatic carbocycles. The Morgan fingerprint density at radius 3 is 2.62 bits per heavy atom. The van der Waals surface area contributed by atoms with Crippen molar-refractivity contribution >= 4 is 21.9 Å². The highest BCUT2D eigenvalue weighted by atomic mass is 32.2. The highest BCUT2D eigenvalue weighted by Crippen LogP contribution is 2.29. The summed E-state index contributed by atoms with van der Waals surface area (Å²) in [5.74, 6) is -0.0488. The molecule has 170 valence electrons. The quantitative estimate of drug-likeness (QED) is 0.603. The number of benzene rings is 1. The third-order valence-electron chi connectivity index (χ3n) is 5.78. The van der Waals surface area contributed by atoms with Crippen LogP contribution in [0.1, 0.15) is 34.8 Å². The first-order chi connectivity index (χ1) is 15.1. The Morgan fingerprint density at radius 1 is 1.19 bits per heavy atom. The third-order valence-corrected chi connectivity index (χ3v) is 7.38. The van der Waals surface area contributed by atoms with Crippen LogP contribution in [0.5, 0.6) is 0 Å². The lowest BCUT2D eigenvalue weighted by molar-refractivity contribution is -0.120.